The fourth-order valence-corrected chi connectivity index (χ4v) is 2.53. The molecular formula is C14H20FNO2S. The van der Waals surface area contributed by atoms with E-state index in [2.05, 4.69) is 5.32 Å². The van der Waals surface area contributed by atoms with Crippen LogP contribution >= 0.6 is 0 Å². The minimum atomic E-state index is -1.32. The zero-order valence-corrected chi connectivity index (χ0v) is 12.5. The second-order valence-electron chi connectivity index (χ2n) is 5.53. The van der Waals surface area contributed by atoms with E-state index >= 15 is 0 Å². The number of carbonyl (C=O) groups is 1. The zero-order valence-electron chi connectivity index (χ0n) is 11.7. The summed E-state index contributed by atoms with van der Waals surface area (Å²) in [5, 5.41) is 2.21. The minimum Gasteiger partial charge on any atom is -0.350 e. The summed E-state index contributed by atoms with van der Waals surface area (Å²) in [6.07, 6.45) is 0. The van der Waals surface area contributed by atoms with E-state index in [9.17, 15) is 13.4 Å². The van der Waals surface area contributed by atoms with Gasteiger partial charge < -0.3 is 5.32 Å². The molecule has 1 N–H and O–H groups in total. The number of carbonyl (C=O) groups excluding carboxylic acids is 1. The van der Waals surface area contributed by atoms with Crippen molar-refractivity contribution in [2.24, 2.45) is 0 Å². The van der Waals surface area contributed by atoms with Crippen molar-refractivity contribution >= 4 is 16.7 Å². The van der Waals surface area contributed by atoms with Crippen molar-refractivity contribution in [1.82, 2.24) is 5.32 Å². The van der Waals surface area contributed by atoms with E-state index in [0.717, 1.165) is 5.56 Å². The second kappa shape index (κ2) is 6.28. The van der Waals surface area contributed by atoms with Gasteiger partial charge in [-0.25, -0.2) is 4.39 Å². The summed E-state index contributed by atoms with van der Waals surface area (Å²) in [6.45, 7) is 7.27. The molecule has 1 aromatic rings. The maximum atomic E-state index is 12.8. The maximum Gasteiger partial charge on any atom is 0.235 e. The molecule has 5 heteroatoms. The van der Waals surface area contributed by atoms with Crippen molar-refractivity contribution < 1.29 is 13.4 Å². The van der Waals surface area contributed by atoms with Crippen LogP contribution in [0.25, 0.3) is 0 Å². The van der Waals surface area contributed by atoms with Gasteiger partial charge in [0.15, 0.2) is 0 Å². The van der Waals surface area contributed by atoms with Crippen LogP contribution in [-0.2, 0) is 21.3 Å². The molecule has 0 saturated carbocycles. The number of hydrogen-bond acceptors (Lipinski definition) is 2. The van der Waals surface area contributed by atoms with E-state index in [1.165, 1.54) is 12.1 Å². The Morgan fingerprint density at radius 1 is 1.32 bits per heavy atom. The lowest BCUT2D eigenvalue weighted by molar-refractivity contribution is -0.121. The van der Waals surface area contributed by atoms with Gasteiger partial charge in [0.05, 0.1) is 0 Å². The molecule has 0 radical (unpaired) electrons. The molecule has 0 heterocycles. The summed E-state index contributed by atoms with van der Waals surface area (Å²) in [6, 6.07) is 5.82. The highest BCUT2D eigenvalue weighted by Gasteiger charge is 2.23. The van der Waals surface area contributed by atoms with Crippen molar-refractivity contribution in [3.05, 3.63) is 35.6 Å². The van der Waals surface area contributed by atoms with Gasteiger partial charge in [-0.2, -0.15) is 0 Å². The first-order valence-corrected chi connectivity index (χ1v) is 7.51. The molecule has 19 heavy (non-hydrogen) atoms. The largest absolute Gasteiger partial charge is 0.350 e. The summed E-state index contributed by atoms with van der Waals surface area (Å²) < 4.78 is 24.8. The normalized spacial score (nSPS) is 14.8. The van der Waals surface area contributed by atoms with Crippen molar-refractivity contribution in [2.75, 3.05) is 0 Å². The summed E-state index contributed by atoms with van der Waals surface area (Å²) in [4.78, 5) is 11.9. The van der Waals surface area contributed by atoms with Crippen LogP contribution in [0.15, 0.2) is 24.3 Å². The van der Waals surface area contributed by atoms with Crippen LogP contribution in [0.2, 0.25) is 0 Å². The molecule has 106 valence electrons. The highest BCUT2D eigenvalue weighted by atomic mass is 32.2. The quantitative estimate of drug-likeness (QED) is 0.923. The van der Waals surface area contributed by atoms with Gasteiger partial charge in [0, 0.05) is 22.1 Å². The molecule has 0 fully saturated rings. The number of hydrogen-bond donors (Lipinski definition) is 1. The predicted octanol–water partition coefficient (Wildman–Crippen LogP) is 2.38. The number of amides is 1. The molecule has 1 aromatic carbocycles. The van der Waals surface area contributed by atoms with Crippen LogP contribution in [0.5, 0.6) is 0 Å². The van der Waals surface area contributed by atoms with E-state index in [-0.39, 0.29) is 23.0 Å². The number of rotatable bonds is 4. The number of nitrogens with one attached hydrogen (secondary N) is 1. The highest BCUT2D eigenvalue weighted by Crippen LogP contribution is 2.10. The van der Waals surface area contributed by atoms with E-state index < -0.39 is 16.0 Å². The molecule has 1 rings (SSSR count). The molecule has 0 aliphatic heterocycles. The minimum absolute atomic E-state index is 0.229. The van der Waals surface area contributed by atoms with Crippen LogP contribution in [0.3, 0.4) is 0 Å². The Bertz CT molecular complexity index is 465. The summed E-state index contributed by atoms with van der Waals surface area (Å²) >= 11 is 0. The topological polar surface area (TPSA) is 46.2 Å². The summed E-state index contributed by atoms with van der Waals surface area (Å²) in [5.74, 6) is -0.306. The van der Waals surface area contributed by atoms with Crippen molar-refractivity contribution in [3.8, 4) is 0 Å². The molecule has 2 atom stereocenters. The van der Waals surface area contributed by atoms with Gasteiger partial charge in [-0.05, 0) is 45.4 Å². The second-order valence-corrected chi connectivity index (χ2v) is 7.29. The van der Waals surface area contributed by atoms with Crippen LogP contribution < -0.4 is 5.32 Å². The van der Waals surface area contributed by atoms with Gasteiger partial charge in [-0.3, -0.25) is 9.00 Å². The molecule has 2 unspecified atom stereocenters. The summed E-state index contributed by atoms with van der Waals surface area (Å²) in [7, 11) is -1.32. The third-order valence-electron chi connectivity index (χ3n) is 2.48. The van der Waals surface area contributed by atoms with Crippen LogP contribution in [-0.4, -0.2) is 20.9 Å². The highest BCUT2D eigenvalue weighted by molar-refractivity contribution is 7.85. The predicted molar refractivity (Wildman–Crippen MR) is 75.6 cm³/mol. The lowest BCUT2D eigenvalue weighted by atomic mass is 10.1. The fourth-order valence-electron chi connectivity index (χ4n) is 1.46. The number of halogens is 1. The van der Waals surface area contributed by atoms with Gasteiger partial charge in [0.2, 0.25) is 5.91 Å². The molecule has 0 aliphatic carbocycles. The fraction of sp³-hybridized carbons (Fsp3) is 0.500. The average molecular weight is 285 g/mol. The SMILES string of the molecule is CC(C(=O)NC(C)(C)C)S(=O)Cc1ccc(F)cc1. The lowest BCUT2D eigenvalue weighted by Gasteiger charge is -2.23. The van der Waals surface area contributed by atoms with E-state index in [4.69, 9.17) is 0 Å². The Labute approximate surface area is 116 Å². The molecule has 0 bridgehead atoms. The van der Waals surface area contributed by atoms with E-state index in [0.29, 0.717) is 0 Å². The smallest absolute Gasteiger partial charge is 0.235 e. The van der Waals surface area contributed by atoms with Gasteiger partial charge in [0.25, 0.3) is 0 Å². The van der Waals surface area contributed by atoms with Crippen molar-refractivity contribution in [2.45, 2.75) is 44.2 Å². The Kier molecular flexibility index (Phi) is 5.23. The van der Waals surface area contributed by atoms with Gasteiger partial charge in [0.1, 0.15) is 11.1 Å². The Morgan fingerprint density at radius 2 is 1.84 bits per heavy atom. The van der Waals surface area contributed by atoms with Crippen LogP contribution in [0.1, 0.15) is 33.3 Å². The van der Waals surface area contributed by atoms with E-state index in [1.807, 2.05) is 20.8 Å². The lowest BCUT2D eigenvalue weighted by Crippen LogP contribution is -2.46. The standard InChI is InChI=1S/C14H20FNO2S/c1-10(13(17)16-14(2,3)4)19(18)9-11-5-7-12(15)8-6-11/h5-8,10H,9H2,1-4H3,(H,16,17). The molecular weight excluding hydrogens is 265 g/mol. The Balaban J connectivity index is 2.62. The Morgan fingerprint density at radius 3 is 2.32 bits per heavy atom. The first-order chi connectivity index (χ1) is 8.69. The summed E-state index contributed by atoms with van der Waals surface area (Å²) in [5.41, 5.74) is 0.418. The maximum absolute atomic E-state index is 12.8. The van der Waals surface area contributed by atoms with Crippen molar-refractivity contribution in [3.63, 3.8) is 0 Å². The third kappa shape index (κ3) is 5.51. The van der Waals surface area contributed by atoms with Gasteiger partial charge in [-0.1, -0.05) is 12.1 Å². The molecule has 1 amide bonds. The Hall–Kier alpha value is -1.23. The molecule has 0 spiro atoms. The third-order valence-corrected chi connectivity index (χ3v) is 4.10. The van der Waals surface area contributed by atoms with Crippen LogP contribution in [0.4, 0.5) is 4.39 Å². The molecule has 3 nitrogen and oxygen atoms in total. The monoisotopic (exact) mass is 285 g/mol. The first-order valence-electron chi connectivity index (χ1n) is 6.13. The molecule has 0 aliphatic rings. The first kappa shape index (κ1) is 15.8. The van der Waals surface area contributed by atoms with Crippen molar-refractivity contribution in [1.29, 1.82) is 0 Å². The number of benzene rings is 1. The average Bonchev–Trinajstić information content (AvgIpc) is 2.28. The zero-order chi connectivity index (χ0) is 14.6. The van der Waals surface area contributed by atoms with Gasteiger partial charge >= 0.3 is 0 Å². The molecule has 0 saturated heterocycles. The van der Waals surface area contributed by atoms with Crippen LogP contribution in [0, 0.1) is 5.82 Å². The van der Waals surface area contributed by atoms with E-state index in [1.54, 1.807) is 19.1 Å². The van der Waals surface area contributed by atoms with Gasteiger partial charge in [-0.15, -0.1) is 0 Å². The molecule has 0 aromatic heterocycles.